The smallest absolute Gasteiger partial charge is 0.325 e. The summed E-state index contributed by atoms with van der Waals surface area (Å²) in [4.78, 5) is 1.02. The van der Waals surface area contributed by atoms with E-state index in [0.29, 0.717) is 17.4 Å². The Morgan fingerprint density at radius 3 is 2.89 bits per heavy atom. The van der Waals surface area contributed by atoms with Crippen LogP contribution in [0.1, 0.15) is 24.5 Å². The number of thioether (sulfide) groups is 1. The van der Waals surface area contributed by atoms with Gasteiger partial charge in [0.1, 0.15) is 0 Å². The number of nitrogens with zero attached hydrogens (tertiary/aromatic N) is 1. The maximum atomic E-state index is 11.0. The van der Waals surface area contributed by atoms with Crippen LogP contribution in [0.25, 0.3) is 0 Å². The molecule has 7 heteroatoms. The molecule has 19 heavy (non-hydrogen) atoms. The van der Waals surface area contributed by atoms with E-state index in [9.17, 15) is 8.42 Å². The standard InChI is InChI=1S/C12H15NO4S2/c1-8-5-11(13-17-19(2,15)16)10-6-9(7-14)3-4-12(10)18-8/h3-4,6,8,14H,5,7H2,1-2H3/b13-11+. The summed E-state index contributed by atoms with van der Waals surface area (Å²) in [5, 5.41) is 13.2. The van der Waals surface area contributed by atoms with Gasteiger partial charge in [0, 0.05) is 22.1 Å². The molecule has 1 aromatic rings. The summed E-state index contributed by atoms with van der Waals surface area (Å²) < 4.78 is 26.6. The summed E-state index contributed by atoms with van der Waals surface area (Å²) in [5.41, 5.74) is 2.20. The Hall–Kier alpha value is -1.05. The molecule has 1 heterocycles. The highest BCUT2D eigenvalue weighted by Gasteiger charge is 2.22. The van der Waals surface area contributed by atoms with Gasteiger partial charge in [-0.05, 0) is 17.7 Å². The summed E-state index contributed by atoms with van der Waals surface area (Å²) in [6.45, 7) is 1.98. The molecule has 1 aromatic carbocycles. The van der Waals surface area contributed by atoms with E-state index in [1.807, 2.05) is 25.1 Å². The van der Waals surface area contributed by atoms with Crippen LogP contribution in [0.5, 0.6) is 0 Å². The predicted octanol–water partition coefficient (Wildman–Crippen LogP) is 1.74. The molecule has 1 aliphatic rings. The average Bonchev–Trinajstić information content (AvgIpc) is 2.34. The molecular formula is C12H15NO4S2. The van der Waals surface area contributed by atoms with Crippen molar-refractivity contribution >= 4 is 27.6 Å². The molecule has 1 unspecified atom stereocenters. The van der Waals surface area contributed by atoms with Gasteiger partial charge in [0.2, 0.25) is 0 Å². The minimum absolute atomic E-state index is 0.0618. The Balaban J connectivity index is 2.41. The van der Waals surface area contributed by atoms with Gasteiger partial charge in [-0.1, -0.05) is 18.1 Å². The molecule has 1 atom stereocenters. The number of benzene rings is 1. The molecule has 1 N–H and O–H groups in total. The van der Waals surface area contributed by atoms with Gasteiger partial charge >= 0.3 is 10.1 Å². The normalized spacial score (nSPS) is 21.2. The van der Waals surface area contributed by atoms with Crippen LogP contribution in [-0.4, -0.2) is 30.7 Å². The Kier molecular flexibility index (Phi) is 4.17. The third kappa shape index (κ3) is 3.71. The van der Waals surface area contributed by atoms with E-state index in [1.54, 1.807) is 11.8 Å². The van der Waals surface area contributed by atoms with Crippen LogP contribution >= 0.6 is 11.8 Å². The van der Waals surface area contributed by atoms with Gasteiger partial charge in [-0.3, -0.25) is 4.28 Å². The van der Waals surface area contributed by atoms with Crippen LogP contribution in [-0.2, 0) is 21.0 Å². The zero-order chi connectivity index (χ0) is 14.0. The minimum atomic E-state index is -3.60. The van der Waals surface area contributed by atoms with E-state index in [0.717, 1.165) is 22.3 Å². The number of hydrogen-bond donors (Lipinski definition) is 1. The maximum absolute atomic E-state index is 11.0. The SMILES string of the molecule is CC1C/C(=N\OS(C)(=O)=O)c2cc(CO)ccc2S1. The van der Waals surface area contributed by atoms with Gasteiger partial charge in [0.05, 0.1) is 18.6 Å². The van der Waals surface area contributed by atoms with E-state index in [-0.39, 0.29) is 6.61 Å². The van der Waals surface area contributed by atoms with Crippen LogP contribution < -0.4 is 0 Å². The van der Waals surface area contributed by atoms with Crippen molar-refractivity contribution in [3.05, 3.63) is 29.3 Å². The fourth-order valence-corrected chi connectivity index (χ4v) is 3.19. The number of aliphatic hydroxyl groups is 1. The van der Waals surface area contributed by atoms with Crippen LogP contribution in [0.2, 0.25) is 0 Å². The van der Waals surface area contributed by atoms with Gasteiger partial charge in [-0.15, -0.1) is 11.8 Å². The van der Waals surface area contributed by atoms with Crippen LogP contribution in [0.4, 0.5) is 0 Å². The van der Waals surface area contributed by atoms with E-state index in [4.69, 9.17) is 5.11 Å². The van der Waals surface area contributed by atoms with Crippen molar-refractivity contribution in [2.75, 3.05) is 6.26 Å². The highest BCUT2D eigenvalue weighted by atomic mass is 32.2. The number of rotatable bonds is 3. The quantitative estimate of drug-likeness (QED) is 0.861. The molecule has 0 fully saturated rings. The van der Waals surface area contributed by atoms with Gasteiger partial charge in [0.25, 0.3) is 0 Å². The van der Waals surface area contributed by atoms with Crippen molar-refractivity contribution in [1.29, 1.82) is 0 Å². The van der Waals surface area contributed by atoms with Crippen molar-refractivity contribution in [1.82, 2.24) is 0 Å². The number of hydrogen-bond acceptors (Lipinski definition) is 6. The molecule has 0 aromatic heterocycles. The second kappa shape index (κ2) is 5.52. The zero-order valence-corrected chi connectivity index (χ0v) is 12.3. The van der Waals surface area contributed by atoms with Crippen molar-refractivity contribution in [3.8, 4) is 0 Å². The molecular weight excluding hydrogens is 286 g/mol. The molecule has 0 saturated carbocycles. The van der Waals surface area contributed by atoms with Crippen molar-refractivity contribution in [2.45, 2.75) is 30.1 Å². The van der Waals surface area contributed by atoms with Crippen molar-refractivity contribution < 1.29 is 17.8 Å². The molecule has 5 nitrogen and oxygen atoms in total. The maximum Gasteiger partial charge on any atom is 0.325 e. The Bertz CT molecular complexity index is 610. The van der Waals surface area contributed by atoms with Gasteiger partial charge in [0.15, 0.2) is 0 Å². The molecule has 0 spiro atoms. The van der Waals surface area contributed by atoms with Gasteiger partial charge in [-0.2, -0.15) is 8.42 Å². The minimum Gasteiger partial charge on any atom is -0.392 e. The third-order valence-electron chi connectivity index (χ3n) is 2.63. The molecule has 0 radical (unpaired) electrons. The molecule has 0 aliphatic carbocycles. The van der Waals surface area contributed by atoms with E-state index < -0.39 is 10.1 Å². The van der Waals surface area contributed by atoms with Crippen LogP contribution in [0.15, 0.2) is 28.3 Å². The van der Waals surface area contributed by atoms with E-state index >= 15 is 0 Å². The first-order chi connectivity index (χ1) is 8.89. The Labute approximate surface area is 116 Å². The Morgan fingerprint density at radius 2 is 2.26 bits per heavy atom. The first-order valence-electron chi connectivity index (χ1n) is 5.75. The largest absolute Gasteiger partial charge is 0.392 e. The first-order valence-corrected chi connectivity index (χ1v) is 8.45. The molecule has 2 rings (SSSR count). The molecule has 1 aliphatic heterocycles. The predicted molar refractivity (Wildman–Crippen MR) is 74.8 cm³/mol. The lowest BCUT2D eigenvalue weighted by Crippen LogP contribution is -2.17. The summed E-state index contributed by atoms with van der Waals surface area (Å²) in [5.74, 6) is 0. The molecule has 0 amide bonds. The molecule has 104 valence electrons. The fourth-order valence-electron chi connectivity index (χ4n) is 1.84. The Morgan fingerprint density at radius 1 is 1.53 bits per heavy atom. The monoisotopic (exact) mass is 301 g/mol. The van der Waals surface area contributed by atoms with Gasteiger partial charge < -0.3 is 5.11 Å². The lowest BCUT2D eigenvalue weighted by Gasteiger charge is -2.22. The number of fused-ring (bicyclic) bond motifs is 1. The van der Waals surface area contributed by atoms with Crippen molar-refractivity contribution in [3.63, 3.8) is 0 Å². The molecule has 0 bridgehead atoms. The third-order valence-corrected chi connectivity index (χ3v) is 4.15. The second-order valence-corrected chi connectivity index (χ2v) is 7.48. The summed E-state index contributed by atoms with van der Waals surface area (Å²) in [6, 6.07) is 5.58. The summed E-state index contributed by atoms with van der Waals surface area (Å²) in [6.07, 6.45) is 1.59. The topological polar surface area (TPSA) is 76.0 Å². The number of oxime groups is 1. The highest BCUT2D eigenvalue weighted by molar-refractivity contribution is 8.00. The van der Waals surface area contributed by atoms with Crippen molar-refractivity contribution in [2.24, 2.45) is 5.16 Å². The lowest BCUT2D eigenvalue weighted by molar-refractivity contribution is 0.281. The second-order valence-electron chi connectivity index (χ2n) is 4.44. The first kappa shape index (κ1) is 14.4. The van der Waals surface area contributed by atoms with Crippen LogP contribution in [0, 0.1) is 0 Å². The number of aliphatic hydroxyl groups excluding tert-OH is 1. The molecule has 0 saturated heterocycles. The fraction of sp³-hybridized carbons (Fsp3) is 0.417. The lowest BCUT2D eigenvalue weighted by atomic mass is 10.0. The van der Waals surface area contributed by atoms with Crippen LogP contribution in [0.3, 0.4) is 0 Å². The van der Waals surface area contributed by atoms with E-state index in [2.05, 4.69) is 9.44 Å². The van der Waals surface area contributed by atoms with E-state index in [1.165, 1.54) is 0 Å². The summed E-state index contributed by atoms with van der Waals surface area (Å²) in [7, 11) is -3.60. The average molecular weight is 301 g/mol. The summed E-state index contributed by atoms with van der Waals surface area (Å²) >= 11 is 1.70. The van der Waals surface area contributed by atoms with Gasteiger partial charge in [-0.25, -0.2) is 0 Å². The zero-order valence-electron chi connectivity index (χ0n) is 10.7. The highest BCUT2D eigenvalue weighted by Crippen LogP contribution is 2.36.